The van der Waals surface area contributed by atoms with Crippen LogP contribution in [0.5, 0.6) is 0 Å². The molecule has 1 unspecified atom stereocenters. The van der Waals surface area contributed by atoms with E-state index in [-0.39, 0.29) is 36.7 Å². The Hall–Kier alpha value is -2.10. The molecule has 1 aromatic rings. The number of hydrogen-bond acceptors (Lipinski definition) is 6. The lowest BCUT2D eigenvalue weighted by Gasteiger charge is -2.40. The monoisotopic (exact) mass is 416 g/mol. The summed E-state index contributed by atoms with van der Waals surface area (Å²) in [6, 6.07) is -0.552. The van der Waals surface area contributed by atoms with Crippen molar-refractivity contribution in [3.05, 3.63) is 16.4 Å². The summed E-state index contributed by atoms with van der Waals surface area (Å²) < 4.78 is 47.9. The molecule has 3 rings (SSSR count). The number of fused-ring (bicyclic) bond motifs is 1. The van der Waals surface area contributed by atoms with Gasteiger partial charge in [-0.2, -0.15) is 18.2 Å². The number of carbonyl (C=O) groups excluding carboxylic acids is 1. The van der Waals surface area contributed by atoms with Crippen molar-refractivity contribution in [1.29, 1.82) is 0 Å². The average Bonchev–Trinajstić information content (AvgIpc) is 2.67. The van der Waals surface area contributed by atoms with Crippen LogP contribution in [0.3, 0.4) is 0 Å². The Bertz CT molecular complexity index is 811. The highest BCUT2D eigenvalue weighted by atomic mass is 19.4. The number of Topliss-reactive ketones (excluding diaryl/α,β-unsaturated/α-hetero) is 1. The van der Waals surface area contributed by atoms with Crippen LogP contribution in [0.4, 0.5) is 24.9 Å². The lowest BCUT2D eigenvalue weighted by Crippen LogP contribution is -2.54. The molecule has 0 N–H and O–H groups in total. The number of hydrogen-bond donors (Lipinski definition) is 0. The van der Waals surface area contributed by atoms with E-state index in [9.17, 15) is 22.8 Å². The lowest BCUT2D eigenvalue weighted by molar-refractivity contribution is -0.153. The van der Waals surface area contributed by atoms with E-state index in [2.05, 4.69) is 4.98 Å². The van der Waals surface area contributed by atoms with Crippen molar-refractivity contribution in [3.63, 3.8) is 0 Å². The molecule has 10 heteroatoms. The van der Waals surface area contributed by atoms with Crippen molar-refractivity contribution in [1.82, 2.24) is 9.55 Å². The van der Waals surface area contributed by atoms with Crippen molar-refractivity contribution < 1.29 is 22.7 Å². The minimum Gasteiger partial charge on any atom is -0.377 e. The van der Waals surface area contributed by atoms with Crippen LogP contribution in [0.25, 0.3) is 0 Å². The van der Waals surface area contributed by atoms with Gasteiger partial charge in [-0.15, -0.1) is 0 Å². The van der Waals surface area contributed by atoms with Crippen LogP contribution in [0.15, 0.2) is 10.9 Å². The number of carbonyl (C=O) groups is 1. The summed E-state index contributed by atoms with van der Waals surface area (Å²) in [6.45, 7) is 6.29. The molecule has 1 saturated heterocycles. The number of halogens is 3. The van der Waals surface area contributed by atoms with E-state index in [1.807, 2.05) is 18.7 Å². The van der Waals surface area contributed by atoms with E-state index in [1.165, 1.54) is 10.6 Å². The number of anilines is 2. The molecule has 162 valence electrons. The largest absolute Gasteiger partial charge is 0.408 e. The highest BCUT2D eigenvalue weighted by Gasteiger charge is 2.47. The van der Waals surface area contributed by atoms with Crippen molar-refractivity contribution in [2.24, 2.45) is 5.92 Å². The molecule has 0 bridgehead atoms. The fraction of sp³-hybridized carbons (Fsp3) is 0.737. The normalized spacial score (nSPS) is 23.7. The van der Waals surface area contributed by atoms with Gasteiger partial charge >= 0.3 is 6.18 Å². The molecule has 29 heavy (non-hydrogen) atoms. The summed E-state index contributed by atoms with van der Waals surface area (Å²) in [5, 5.41) is 0. The molecule has 3 atom stereocenters. The Morgan fingerprint density at radius 2 is 2.10 bits per heavy atom. The van der Waals surface area contributed by atoms with Crippen LogP contribution < -0.4 is 15.4 Å². The summed E-state index contributed by atoms with van der Waals surface area (Å²) in [7, 11) is 0. The predicted molar refractivity (Wildman–Crippen MR) is 102 cm³/mol. The molecule has 7 nitrogen and oxygen atoms in total. The third-order valence-electron chi connectivity index (χ3n) is 5.76. The number of rotatable bonds is 5. The predicted octanol–water partition coefficient (Wildman–Crippen LogP) is 2.22. The molecule has 0 saturated carbocycles. The van der Waals surface area contributed by atoms with Gasteiger partial charge in [0.25, 0.3) is 5.56 Å². The highest BCUT2D eigenvalue weighted by Crippen LogP contribution is 2.34. The smallest absolute Gasteiger partial charge is 0.377 e. The summed E-state index contributed by atoms with van der Waals surface area (Å²) >= 11 is 0. The van der Waals surface area contributed by atoms with Crippen molar-refractivity contribution >= 4 is 17.5 Å². The molecular formula is C19H27F3N4O3. The van der Waals surface area contributed by atoms with Gasteiger partial charge in [-0.25, -0.2) is 0 Å². The average molecular weight is 416 g/mol. The first-order chi connectivity index (χ1) is 13.6. The first kappa shape index (κ1) is 21.6. The van der Waals surface area contributed by atoms with Crippen LogP contribution in [0.2, 0.25) is 0 Å². The first-order valence-corrected chi connectivity index (χ1v) is 9.95. The van der Waals surface area contributed by atoms with Gasteiger partial charge in [-0.1, -0.05) is 13.8 Å². The number of ether oxygens (including phenoxy) is 1. The Kier molecular flexibility index (Phi) is 6.21. The van der Waals surface area contributed by atoms with Crippen molar-refractivity contribution in [2.75, 3.05) is 36.1 Å². The number of ketones is 1. The van der Waals surface area contributed by atoms with E-state index >= 15 is 0 Å². The molecule has 0 spiro atoms. The van der Waals surface area contributed by atoms with Crippen LogP contribution >= 0.6 is 0 Å². The third kappa shape index (κ3) is 4.41. The Balaban J connectivity index is 2.05. The van der Waals surface area contributed by atoms with Gasteiger partial charge in [-0.3, -0.25) is 14.2 Å². The maximum atomic E-state index is 13.7. The Labute approximate surface area is 167 Å². The Morgan fingerprint density at radius 3 is 2.72 bits per heavy atom. The van der Waals surface area contributed by atoms with Gasteiger partial charge in [-0.05, 0) is 19.8 Å². The molecule has 0 aromatic carbocycles. The van der Waals surface area contributed by atoms with Crippen molar-refractivity contribution in [3.8, 4) is 0 Å². The zero-order valence-electron chi connectivity index (χ0n) is 16.9. The minimum absolute atomic E-state index is 0.0594. The van der Waals surface area contributed by atoms with E-state index in [0.29, 0.717) is 32.0 Å². The molecule has 2 aliphatic heterocycles. The second kappa shape index (κ2) is 8.33. The molecule has 1 fully saturated rings. The lowest BCUT2D eigenvalue weighted by atomic mass is 10.0. The molecule has 0 radical (unpaired) electrons. The minimum atomic E-state index is -4.53. The zero-order chi connectivity index (χ0) is 21.3. The van der Waals surface area contributed by atoms with Gasteiger partial charge in [0.1, 0.15) is 11.9 Å². The molecule has 0 amide bonds. The van der Waals surface area contributed by atoms with Crippen LogP contribution in [-0.2, 0) is 16.1 Å². The van der Waals surface area contributed by atoms with Gasteiger partial charge < -0.3 is 14.5 Å². The maximum Gasteiger partial charge on any atom is 0.408 e. The molecule has 3 heterocycles. The fourth-order valence-corrected chi connectivity index (χ4v) is 3.75. The van der Waals surface area contributed by atoms with Gasteiger partial charge in [0.05, 0.1) is 25.8 Å². The van der Waals surface area contributed by atoms with Gasteiger partial charge in [0.2, 0.25) is 5.95 Å². The summed E-state index contributed by atoms with van der Waals surface area (Å²) in [5.74, 6) is -0.430. The van der Waals surface area contributed by atoms with Gasteiger partial charge in [0.15, 0.2) is 5.78 Å². The highest BCUT2D eigenvalue weighted by molar-refractivity contribution is 5.85. The number of nitrogens with zero attached hydrogens (tertiary/aromatic N) is 4. The number of alkyl halides is 3. The van der Waals surface area contributed by atoms with E-state index < -0.39 is 24.3 Å². The van der Waals surface area contributed by atoms with Crippen LogP contribution in [0.1, 0.15) is 33.6 Å². The third-order valence-corrected chi connectivity index (χ3v) is 5.76. The molecular weight excluding hydrogens is 389 g/mol. The quantitative estimate of drug-likeness (QED) is 0.733. The van der Waals surface area contributed by atoms with Crippen LogP contribution in [0, 0.1) is 5.92 Å². The molecule has 0 aliphatic carbocycles. The summed E-state index contributed by atoms with van der Waals surface area (Å²) in [4.78, 5) is 32.4. The van der Waals surface area contributed by atoms with Crippen molar-refractivity contribution in [2.45, 2.75) is 58.4 Å². The second-order valence-corrected chi connectivity index (χ2v) is 7.77. The topological polar surface area (TPSA) is 67.7 Å². The van der Waals surface area contributed by atoms with Crippen LogP contribution in [-0.4, -0.2) is 59.9 Å². The van der Waals surface area contributed by atoms with Gasteiger partial charge in [0, 0.05) is 25.1 Å². The first-order valence-electron chi connectivity index (χ1n) is 9.95. The standard InChI is InChI=1S/C19H27F3N4O3/c1-4-12(2)14(27)10-26-15(19(20,21)22)5-6-25-17(28)9-16(23-18(25)26)24-7-8-29-11-13(24)3/h9,12-13,15H,4-8,10-11H2,1-3H3/t12?,13-,15+/m1/s1. The van der Waals surface area contributed by atoms with E-state index in [4.69, 9.17) is 4.74 Å². The Morgan fingerprint density at radius 1 is 1.38 bits per heavy atom. The fourth-order valence-electron chi connectivity index (χ4n) is 3.75. The van der Waals surface area contributed by atoms with E-state index in [0.717, 1.165) is 4.90 Å². The maximum absolute atomic E-state index is 13.7. The SMILES string of the molecule is CCC(C)C(=O)CN1c2nc(N3CCOC[C@H]3C)cc(=O)n2CC[C@H]1C(F)(F)F. The second-order valence-electron chi connectivity index (χ2n) is 7.77. The zero-order valence-corrected chi connectivity index (χ0v) is 16.9. The summed E-state index contributed by atoms with van der Waals surface area (Å²) in [5.41, 5.74) is -0.412. The number of aromatic nitrogens is 2. The number of morpholine rings is 1. The van der Waals surface area contributed by atoms with E-state index in [1.54, 1.807) is 6.92 Å². The summed E-state index contributed by atoms with van der Waals surface area (Å²) in [6.07, 6.45) is -4.28. The molecule has 2 aliphatic rings. The molecule has 1 aromatic heterocycles.